The third kappa shape index (κ3) is 2.38. The van der Waals surface area contributed by atoms with E-state index in [4.69, 9.17) is 0 Å². The molecule has 0 saturated carbocycles. The number of hydrogen-bond donors (Lipinski definition) is 1. The van der Waals surface area contributed by atoms with Gasteiger partial charge in [0.15, 0.2) is 5.82 Å². The van der Waals surface area contributed by atoms with Crippen molar-refractivity contribution < 1.29 is 5.11 Å². The van der Waals surface area contributed by atoms with Crippen molar-refractivity contribution in [3.8, 4) is 11.4 Å². The minimum absolute atomic E-state index is 0.0135. The molecule has 4 heteroatoms. The van der Waals surface area contributed by atoms with Crippen LogP contribution in [0.5, 0.6) is 0 Å². The molecule has 0 radical (unpaired) electrons. The lowest BCUT2D eigenvalue weighted by Crippen LogP contribution is -2.02. The summed E-state index contributed by atoms with van der Waals surface area (Å²) < 4.78 is 0. The van der Waals surface area contributed by atoms with Gasteiger partial charge < -0.3 is 5.11 Å². The normalized spacial score (nSPS) is 10.6. The van der Waals surface area contributed by atoms with Crippen LogP contribution in [0.4, 0.5) is 0 Å². The Morgan fingerprint density at radius 3 is 2.61 bits per heavy atom. The zero-order valence-electron chi connectivity index (χ0n) is 10.7. The summed E-state index contributed by atoms with van der Waals surface area (Å²) >= 11 is 0. The molecule has 0 bridgehead atoms. The Kier molecular flexibility index (Phi) is 3.99. The molecule has 2 aromatic heterocycles. The zero-order valence-corrected chi connectivity index (χ0v) is 10.7. The van der Waals surface area contributed by atoms with Crippen molar-refractivity contribution in [3.63, 3.8) is 0 Å². The third-order valence-corrected chi connectivity index (χ3v) is 2.98. The van der Waals surface area contributed by atoms with E-state index in [9.17, 15) is 5.11 Å². The molecule has 4 nitrogen and oxygen atoms in total. The standard InChI is InChI=1S/C14H17N3O/c1-3-10-7-15-6-5-12(10)14-16-8-11(9-18)13(4-2)17-14/h5-8,18H,3-4,9H2,1-2H3. The zero-order chi connectivity index (χ0) is 13.0. The van der Waals surface area contributed by atoms with E-state index in [-0.39, 0.29) is 6.61 Å². The van der Waals surface area contributed by atoms with Crippen LogP contribution in [0.15, 0.2) is 24.7 Å². The molecule has 0 saturated heterocycles. The Labute approximate surface area is 107 Å². The Morgan fingerprint density at radius 2 is 1.94 bits per heavy atom. The molecule has 2 rings (SSSR count). The van der Waals surface area contributed by atoms with Gasteiger partial charge in [0.05, 0.1) is 6.61 Å². The largest absolute Gasteiger partial charge is 0.392 e. The van der Waals surface area contributed by atoms with Crippen molar-refractivity contribution in [1.82, 2.24) is 15.0 Å². The van der Waals surface area contributed by atoms with Gasteiger partial charge in [0, 0.05) is 35.4 Å². The lowest BCUT2D eigenvalue weighted by Gasteiger charge is -2.09. The maximum absolute atomic E-state index is 9.22. The van der Waals surface area contributed by atoms with Crippen molar-refractivity contribution in [2.75, 3.05) is 0 Å². The van der Waals surface area contributed by atoms with Crippen LogP contribution in [0.25, 0.3) is 11.4 Å². The summed E-state index contributed by atoms with van der Waals surface area (Å²) in [6.07, 6.45) is 7.00. The molecule has 94 valence electrons. The summed E-state index contributed by atoms with van der Waals surface area (Å²) in [7, 11) is 0. The van der Waals surface area contributed by atoms with E-state index in [1.165, 1.54) is 0 Å². The first-order valence-electron chi connectivity index (χ1n) is 6.19. The lowest BCUT2D eigenvalue weighted by molar-refractivity contribution is 0.279. The summed E-state index contributed by atoms with van der Waals surface area (Å²) in [6, 6.07) is 1.94. The van der Waals surface area contributed by atoms with Crippen LogP contribution in [-0.2, 0) is 19.4 Å². The van der Waals surface area contributed by atoms with Crippen LogP contribution < -0.4 is 0 Å². The van der Waals surface area contributed by atoms with E-state index in [1.54, 1.807) is 12.4 Å². The monoisotopic (exact) mass is 243 g/mol. The highest BCUT2D eigenvalue weighted by molar-refractivity contribution is 5.59. The predicted molar refractivity (Wildman–Crippen MR) is 69.9 cm³/mol. The van der Waals surface area contributed by atoms with E-state index >= 15 is 0 Å². The average molecular weight is 243 g/mol. The average Bonchev–Trinajstić information content (AvgIpc) is 2.46. The number of aliphatic hydroxyl groups is 1. The third-order valence-electron chi connectivity index (χ3n) is 2.98. The Balaban J connectivity index is 2.51. The molecule has 0 atom stereocenters. The number of pyridine rings is 1. The number of aryl methyl sites for hydroxylation is 2. The molecule has 0 aliphatic rings. The number of aromatic nitrogens is 3. The van der Waals surface area contributed by atoms with E-state index in [0.29, 0.717) is 5.82 Å². The van der Waals surface area contributed by atoms with Gasteiger partial charge in [-0.15, -0.1) is 0 Å². The minimum Gasteiger partial charge on any atom is -0.392 e. The molecule has 0 aromatic carbocycles. The van der Waals surface area contributed by atoms with Gasteiger partial charge in [-0.3, -0.25) is 4.98 Å². The number of nitrogens with zero attached hydrogens (tertiary/aromatic N) is 3. The maximum atomic E-state index is 9.22. The highest BCUT2D eigenvalue weighted by Gasteiger charge is 2.09. The van der Waals surface area contributed by atoms with Crippen LogP contribution in [0, 0.1) is 0 Å². The van der Waals surface area contributed by atoms with Gasteiger partial charge in [0.1, 0.15) is 0 Å². The van der Waals surface area contributed by atoms with Gasteiger partial charge in [-0.2, -0.15) is 0 Å². The fraction of sp³-hybridized carbons (Fsp3) is 0.357. The van der Waals surface area contributed by atoms with Crippen LogP contribution >= 0.6 is 0 Å². The van der Waals surface area contributed by atoms with Gasteiger partial charge in [0.25, 0.3) is 0 Å². The molecular weight excluding hydrogens is 226 g/mol. The molecule has 0 aliphatic heterocycles. The second-order valence-electron chi connectivity index (χ2n) is 4.06. The van der Waals surface area contributed by atoms with E-state index < -0.39 is 0 Å². The first kappa shape index (κ1) is 12.6. The van der Waals surface area contributed by atoms with Gasteiger partial charge in [0.2, 0.25) is 0 Å². The molecule has 1 N–H and O–H groups in total. The van der Waals surface area contributed by atoms with Crippen molar-refractivity contribution in [2.24, 2.45) is 0 Å². The quantitative estimate of drug-likeness (QED) is 0.894. The molecule has 2 heterocycles. The molecule has 0 unspecified atom stereocenters. The Hall–Kier alpha value is -1.81. The molecule has 0 aliphatic carbocycles. The Morgan fingerprint density at radius 1 is 1.11 bits per heavy atom. The molecule has 18 heavy (non-hydrogen) atoms. The summed E-state index contributed by atoms with van der Waals surface area (Å²) in [4.78, 5) is 13.0. The SMILES string of the molecule is CCc1cnccc1-c1ncc(CO)c(CC)n1. The highest BCUT2D eigenvalue weighted by Crippen LogP contribution is 2.20. The van der Waals surface area contributed by atoms with E-state index in [0.717, 1.165) is 35.2 Å². The minimum atomic E-state index is -0.0135. The van der Waals surface area contributed by atoms with Crippen LogP contribution in [0.1, 0.15) is 30.7 Å². The summed E-state index contributed by atoms with van der Waals surface area (Å²) in [6.45, 7) is 4.10. The number of rotatable bonds is 4. The van der Waals surface area contributed by atoms with E-state index in [1.807, 2.05) is 19.2 Å². The van der Waals surface area contributed by atoms with Crippen LogP contribution in [-0.4, -0.2) is 20.1 Å². The van der Waals surface area contributed by atoms with Gasteiger partial charge >= 0.3 is 0 Å². The molecule has 0 spiro atoms. The summed E-state index contributed by atoms with van der Waals surface area (Å²) in [5.41, 5.74) is 3.86. The second-order valence-corrected chi connectivity index (χ2v) is 4.06. The number of aliphatic hydroxyl groups excluding tert-OH is 1. The van der Waals surface area contributed by atoms with Crippen LogP contribution in [0.2, 0.25) is 0 Å². The molecule has 2 aromatic rings. The second kappa shape index (κ2) is 5.69. The summed E-state index contributed by atoms with van der Waals surface area (Å²) in [5, 5.41) is 9.22. The van der Waals surface area contributed by atoms with Gasteiger partial charge in [-0.25, -0.2) is 9.97 Å². The first-order valence-corrected chi connectivity index (χ1v) is 6.19. The Bertz CT molecular complexity index is 540. The number of hydrogen-bond acceptors (Lipinski definition) is 4. The predicted octanol–water partition coefficient (Wildman–Crippen LogP) is 2.16. The fourth-order valence-corrected chi connectivity index (χ4v) is 1.94. The van der Waals surface area contributed by atoms with E-state index in [2.05, 4.69) is 21.9 Å². The summed E-state index contributed by atoms with van der Waals surface area (Å²) in [5.74, 6) is 0.711. The topological polar surface area (TPSA) is 58.9 Å². The maximum Gasteiger partial charge on any atom is 0.159 e. The van der Waals surface area contributed by atoms with Crippen molar-refractivity contribution >= 4 is 0 Å². The van der Waals surface area contributed by atoms with Crippen molar-refractivity contribution in [3.05, 3.63) is 41.5 Å². The van der Waals surface area contributed by atoms with Crippen molar-refractivity contribution in [2.45, 2.75) is 33.3 Å². The molecule has 0 fully saturated rings. The van der Waals surface area contributed by atoms with Gasteiger partial charge in [-0.05, 0) is 24.5 Å². The fourth-order valence-electron chi connectivity index (χ4n) is 1.94. The van der Waals surface area contributed by atoms with Gasteiger partial charge in [-0.1, -0.05) is 13.8 Å². The highest BCUT2D eigenvalue weighted by atomic mass is 16.3. The molecular formula is C14H17N3O. The lowest BCUT2D eigenvalue weighted by atomic mass is 10.1. The van der Waals surface area contributed by atoms with Crippen molar-refractivity contribution in [1.29, 1.82) is 0 Å². The van der Waals surface area contributed by atoms with Crippen LogP contribution in [0.3, 0.4) is 0 Å². The molecule has 0 amide bonds. The smallest absolute Gasteiger partial charge is 0.159 e. The first-order chi connectivity index (χ1) is 8.80.